The zero-order valence-electron chi connectivity index (χ0n) is 10.5. The SMILES string of the molecule is CC(C)(C)OC(=O)[C@@H]1Cc2cc(F)cc(F)c2N1. The summed E-state index contributed by atoms with van der Waals surface area (Å²) in [6.45, 7) is 5.27. The number of halogens is 2. The molecule has 98 valence electrons. The number of benzene rings is 1. The molecule has 0 saturated heterocycles. The van der Waals surface area contributed by atoms with Gasteiger partial charge < -0.3 is 10.1 Å². The van der Waals surface area contributed by atoms with Crippen LogP contribution in [-0.4, -0.2) is 17.6 Å². The highest BCUT2D eigenvalue weighted by atomic mass is 19.1. The molecule has 1 aliphatic rings. The van der Waals surface area contributed by atoms with Gasteiger partial charge in [-0.15, -0.1) is 0 Å². The van der Waals surface area contributed by atoms with Crippen molar-refractivity contribution in [1.29, 1.82) is 0 Å². The first-order valence-electron chi connectivity index (χ1n) is 5.73. The fourth-order valence-corrected chi connectivity index (χ4v) is 1.91. The van der Waals surface area contributed by atoms with Crippen molar-refractivity contribution in [3.05, 3.63) is 29.3 Å². The van der Waals surface area contributed by atoms with Gasteiger partial charge in [0.05, 0.1) is 5.69 Å². The Hall–Kier alpha value is -1.65. The molecule has 1 N–H and O–H groups in total. The molecule has 0 radical (unpaired) electrons. The minimum Gasteiger partial charge on any atom is -0.458 e. The monoisotopic (exact) mass is 255 g/mol. The molecule has 1 atom stereocenters. The van der Waals surface area contributed by atoms with Gasteiger partial charge in [-0.25, -0.2) is 13.6 Å². The normalized spacial score (nSPS) is 18.2. The van der Waals surface area contributed by atoms with Crippen LogP contribution in [0.25, 0.3) is 0 Å². The molecule has 0 saturated carbocycles. The van der Waals surface area contributed by atoms with E-state index in [1.807, 2.05) is 0 Å². The topological polar surface area (TPSA) is 38.3 Å². The van der Waals surface area contributed by atoms with Crippen LogP contribution in [0.15, 0.2) is 12.1 Å². The molecule has 0 fully saturated rings. The van der Waals surface area contributed by atoms with Crippen LogP contribution in [0.1, 0.15) is 26.3 Å². The third-order valence-electron chi connectivity index (χ3n) is 2.57. The highest BCUT2D eigenvalue weighted by Crippen LogP contribution is 2.30. The first-order valence-corrected chi connectivity index (χ1v) is 5.73. The minimum atomic E-state index is -0.684. The predicted molar refractivity (Wildman–Crippen MR) is 63.3 cm³/mol. The summed E-state index contributed by atoms with van der Waals surface area (Å²) in [4.78, 5) is 11.8. The summed E-state index contributed by atoms with van der Waals surface area (Å²) in [5, 5.41) is 2.74. The summed E-state index contributed by atoms with van der Waals surface area (Å²) >= 11 is 0. The van der Waals surface area contributed by atoms with Gasteiger partial charge in [0.2, 0.25) is 0 Å². The molecule has 3 nitrogen and oxygen atoms in total. The molecule has 2 rings (SSSR count). The van der Waals surface area contributed by atoms with Crippen LogP contribution < -0.4 is 5.32 Å². The summed E-state index contributed by atoms with van der Waals surface area (Å²) in [5.74, 6) is -1.78. The number of anilines is 1. The standard InChI is InChI=1S/C13H15F2NO2/c1-13(2,3)18-12(17)10-5-7-4-8(14)6-9(15)11(7)16-10/h4,6,10,16H,5H2,1-3H3/t10-/m0/s1. The summed E-state index contributed by atoms with van der Waals surface area (Å²) in [7, 11) is 0. The van der Waals surface area contributed by atoms with E-state index in [1.165, 1.54) is 6.07 Å². The molecule has 0 aromatic heterocycles. The van der Waals surface area contributed by atoms with Crippen molar-refractivity contribution in [2.45, 2.75) is 38.8 Å². The summed E-state index contributed by atoms with van der Waals surface area (Å²) in [6.07, 6.45) is 0.235. The van der Waals surface area contributed by atoms with Crippen molar-refractivity contribution in [1.82, 2.24) is 0 Å². The molecule has 5 heteroatoms. The molecule has 1 aromatic carbocycles. The second-order valence-corrected chi connectivity index (χ2v) is 5.36. The molecular formula is C13H15F2NO2. The first kappa shape index (κ1) is 12.8. The van der Waals surface area contributed by atoms with E-state index in [-0.39, 0.29) is 12.1 Å². The van der Waals surface area contributed by atoms with Gasteiger partial charge in [-0.05, 0) is 32.4 Å². The second kappa shape index (κ2) is 4.23. The fourth-order valence-electron chi connectivity index (χ4n) is 1.91. The van der Waals surface area contributed by atoms with Crippen molar-refractivity contribution in [2.24, 2.45) is 0 Å². The zero-order chi connectivity index (χ0) is 13.5. The highest BCUT2D eigenvalue weighted by Gasteiger charge is 2.32. The molecule has 0 aliphatic carbocycles. The van der Waals surface area contributed by atoms with E-state index in [0.29, 0.717) is 5.56 Å². The summed E-state index contributed by atoms with van der Waals surface area (Å²) in [5.41, 5.74) is 0.0489. The number of nitrogens with one attached hydrogen (secondary N) is 1. The Morgan fingerprint density at radius 3 is 2.67 bits per heavy atom. The molecule has 1 aromatic rings. The van der Waals surface area contributed by atoms with Crippen molar-refractivity contribution < 1.29 is 18.3 Å². The van der Waals surface area contributed by atoms with Crippen molar-refractivity contribution in [3.8, 4) is 0 Å². The Morgan fingerprint density at radius 1 is 1.39 bits per heavy atom. The highest BCUT2D eigenvalue weighted by molar-refractivity contribution is 5.83. The molecule has 0 spiro atoms. The van der Waals surface area contributed by atoms with Crippen LogP contribution in [0.5, 0.6) is 0 Å². The maximum absolute atomic E-state index is 13.5. The van der Waals surface area contributed by atoms with Gasteiger partial charge in [0, 0.05) is 12.5 Å². The van der Waals surface area contributed by atoms with E-state index in [2.05, 4.69) is 5.32 Å². The van der Waals surface area contributed by atoms with Gasteiger partial charge in [0.15, 0.2) is 0 Å². The third-order valence-corrected chi connectivity index (χ3v) is 2.57. The van der Waals surface area contributed by atoms with E-state index in [9.17, 15) is 13.6 Å². The lowest BCUT2D eigenvalue weighted by molar-refractivity contribution is -0.155. The molecule has 1 aliphatic heterocycles. The minimum absolute atomic E-state index is 0.187. The Bertz CT molecular complexity index is 494. The summed E-state index contributed by atoms with van der Waals surface area (Å²) in [6, 6.07) is 1.37. The van der Waals surface area contributed by atoms with Crippen LogP contribution in [-0.2, 0) is 16.0 Å². The van der Waals surface area contributed by atoms with Gasteiger partial charge in [-0.2, -0.15) is 0 Å². The number of fused-ring (bicyclic) bond motifs is 1. The van der Waals surface area contributed by atoms with Crippen LogP contribution in [0, 0.1) is 11.6 Å². The average Bonchev–Trinajstić information content (AvgIpc) is 2.58. The van der Waals surface area contributed by atoms with Gasteiger partial charge in [0.25, 0.3) is 0 Å². The Balaban J connectivity index is 2.15. The number of carbonyl (C=O) groups excluding carboxylic acids is 1. The number of rotatable bonds is 1. The fraction of sp³-hybridized carbons (Fsp3) is 0.462. The van der Waals surface area contributed by atoms with Gasteiger partial charge >= 0.3 is 5.97 Å². The Kier molecular flexibility index (Phi) is 3.00. The number of esters is 1. The average molecular weight is 255 g/mol. The number of carbonyl (C=O) groups is 1. The van der Waals surface area contributed by atoms with E-state index in [1.54, 1.807) is 20.8 Å². The van der Waals surface area contributed by atoms with Crippen LogP contribution in [0.4, 0.5) is 14.5 Å². The van der Waals surface area contributed by atoms with E-state index >= 15 is 0 Å². The zero-order valence-corrected chi connectivity index (χ0v) is 10.5. The van der Waals surface area contributed by atoms with Crippen LogP contribution in [0.3, 0.4) is 0 Å². The predicted octanol–water partition coefficient (Wildman–Crippen LogP) is 2.64. The van der Waals surface area contributed by atoms with Crippen molar-refractivity contribution >= 4 is 11.7 Å². The Morgan fingerprint density at radius 2 is 2.06 bits per heavy atom. The maximum atomic E-state index is 13.5. The quantitative estimate of drug-likeness (QED) is 0.784. The molecule has 1 heterocycles. The van der Waals surface area contributed by atoms with E-state index in [4.69, 9.17) is 4.74 Å². The molecule has 0 amide bonds. The van der Waals surface area contributed by atoms with Gasteiger partial charge in [0.1, 0.15) is 23.3 Å². The first-order chi connectivity index (χ1) is 8.26. The van der Waals surface area contributed by atoms with E-state index in [0.717, 1.165) is 6.07 Å². The third kappa shape index (κ3) is 2.60. The maximum Gasteiger partial charge on any atom is 0.329 e. The number of ether oxygens (including phenoxy) is 1. The molecule has 18 heavy (non-hydrogen) atoms. The summed E-state index contributed by atoms with van der Waals surface area (Å²) < 4.78 is 31.7. The van der Waals surface area contributed by atoms with E-state index < -0.39 is 29.2 Å². The smallest absolute Gasteiger partial charge is 0.329 e. The lowest BCUT2D eigenvalue weighted by atomic mass is 10.1. The molecule has 0 unspecified atom stereocenters. The molecule has 0 bridgehead atoms. The van der Waals surface area contributed by atoms with Gasteiger partial charge in [-0.3, -0.25) is 0 Å². The van der Waals surface area contributed by atoms with Crippen molar-refractivity contribution in [3.63, 3.8) is 0 Å². The molecular weight excluding hydrogens is 240 g/mol. The lowest BCUT2D eigenvalue weighted by Gasteiger charge is -2.22. The largest absolute Gasteiger partial charge is 0.458 e. The van der Waals surface area contributed by atoms with Crippen LogP contribution >= 0.6 is 0 Å². The lowest BCUT2D eigenvalue weighted by Crippen LogP contribution is -2.35. The van der Waals surface area contributed by atoms with Crippen molar-refractivity contribution in [2.75, 3.05) is 5.32 Å². The number of hydrogen-bond donors (Lipinski definition) is 1. The second-order valence-electron chi connectivity index (χ2n) is 5.36. The van der Waals surface area contributed by atoms with Gasteiger partial charge in [-0.1, -0.05) is 0 Å². The van der Waals surface area contributed by atoms with Crippen LogP contribution in [0.2, 0.25) is 0 Å². The Labute approximate surface area is 104 Å². The number of hydrogen-bond acceptors (Lipinski definition) is 3.